The lowest BCUT2D eigenvalue weighted by molar-refractivity contribution is 0.311. The first-order valence-electron chi connectivity index (χ1n) is 6.25. The van der Waals surface area contributed by atoms with E-state index in [1.165, 1.54) is 4.68 Å². The molecule has 0 saturated carbocycles. The molecule has 2 rings (SSSR count). The molecule has 0 saturated heterocycles. The van der Waals surface area contributed by atoms with Gasteiger partial charge in [0.1, 0.15) is 5.82 Å². The summed E-state index contributed by atoms with van der Waals surface area (Å²) < 4.78 is 12.7. The summed E-state index contributed by atoms with van der Waals surface area (Å²) in [6.45, 7) is 4.19. The first kappa shape index (κ1) is 15.5. The Kier molecular flexibility index (Phi) is 4.98. The van der Waals surface area contributed by atoms with Crippen LogP contribution < -0.4 is 9.47 Å². The predicted molar refractivity (Wildman–Crippen MR) is 84.3 cm³/mol. The minimum Gasteiger partial charge on any atom is -0.493 e. The lowest BCUT2D eigenvalue weighted by atomic mass is 10.2. The van der Waals surface area contributed by atoms with E-state index in [4.69, 9.17) is 33.3 Å². The van der Waals surface area contributed by atoms with E-state index in [-0.39, 0.29) is 0 Å². The Balaban J connectivity index is 2.37. The summed E-state index contributed by atoms with van der Waals surface area (Å²) in [7, 11) is 1.56. The van der Waals surface area contributed by atoms with Crippen molar-refractivity contribution in [2.75, 3.05) is 13.7 Å². The maximum absolute atomic E-state index is 6.20. The minimum atomic E-state index is 0.424. The summed E-state index contributed by atoms with van der Waals surface area (Å²) in [6.07, 6.45) is 1.63. The molecule has 1 N–H and O–H groups in total. The molecule has 0 aliphatic heterocycles. The largest absolute Gasteiger partial charge is 0.493 e. The third kappa shape index (κ3) is 3.43. The van der Waals surface area contributed by atoms with Crippen LogP contribution in [0, 0.1) is 11.7 Å². The van der Waals surface area contributed by atoms with Crippen LogP contribution in [0.3, 0.4) is 0 Å². The molecule has 0 bridgehead atoms. The van der Waals surface area contributed by atoms with Crippen LogP contribution in [-0.4, -0.2) is 34.8 Å². The number of aromatic amines is 1. The highest BCUT2D eigenvalue weighted by atomic mass is 35.5. The van der Waals surface area contributed by atoms with Gasteiger partial charge in [-0.15, -0.1) is 0 Å². The summed E-state index contributed by atoms with van der Waals surface area (Å²) in [5.41, 5.74) is 0.766. The van der Waals surface area contributed by atoms with Crippen LogP contribution in [0.2, 0.25) is 5.02 Å². The Bertz CT molecular complexity index is 723. The molecule has 0 atom stereocenters. The molecule has 0 aliphatic rings. The van der Waals surface area contributed by atoms with Gasteiger partial charge < -0.3 is 9.47 Å². The second-order valence-electron chi connectivity index (χ2n) is 4.10. The Morgan fingerprint density at radius 2 is 2.29 bits per heavy atom. The second kappa shape index (κ2) is 6.73. The van der Waals surface area contributed by atoms with Crippen LogP contribution in [0.1, 0.15) is 18.3 Å². The summed E-state index contributed by atoms with van der Waals surface area (Å²) >= 11 is 11.3. The fraction of sp³-hybridized carbons (Fsp3) is 0.308. The van der Waals surface area contributed by atoms with E-state index in [2.05, 4.69) is 15.3 Å². The van der Waals surface area contributed by atoms with Gasteiger partial charge in [0.2, 0.25) is 4.77 Å². The van der Waals surface area contributed by atoms with Crippen molar-refractivity contribution < 1.29 is 9.47 Å². The third-order valence-corrected chi connectivity index (χ3v) is 3.22. The maximum atomic E-state index is 6.20. The zero-order valence-corrected chi connectivity index (χ0v) is 13.5. The number of nitrogens with zero attached hydrogens (tertiary/aromatic N) is 3. The number of ether oxygens (including phenoxy) is 2. The number of aromatic nitrogens is 3. The maximum Gasteiger partial charge on any atom is 0.216 e. The van der Waals surface area contributed by atoms with Gasteiger partial charge in [-0.2, -0.15) is 14.9 Å². The van der Waals surface area contributed by atoms with Crippen molar-refractivity contribution >= 4 is 30.0 Å². The molecule has 1 aromatic heterocycles. The van der Waals surface area contributed by atoms with Gasteiger partial charge in [-0.25, -0.2) is 0 Å². The number of nitrogens with one attached hydrogen (secondary N) is 1. The van der Waals surface area contributed by atoms with Crippen LogP contribution >= 0.6 is 23.8 Å². The number of hydrogen-bond acceptors (Lipinski definition) is 5. The topological polar surface area (TPSA) is 64.4 Å². The number of halogens is 1. The molecule has 6 nitrogen and oxygen atoms in total. The van der Waals surface area contributed by atoms with Crippen LogP contribution in [0.5, 0.6) is 11.5 Å². The average Bonchev–Trinajstić information content (AvgIpc) is 2.78. The summed E-state index contributed by atoms with van der Waals surface area (Å²) in [5, 5.41) is 11.4. The van der Waals surface area contributed by atoms with Gasteiger partial charge in [0.15, 0.2) is 11.5 Å². The average molecular weight is 327 g/mol. The minimum absolute atomic E-state index is 0.424. The number of rotatable bonds is 5. The molecule has 1 aromatic carbocycles. The van der Waals surface area contributed by atoms with Gasteiger partial charge >= 0.3 is 0 Å². The van der Waals surface area contributed by atoms with Crippen molar-refractivity contribution in [2.45, 2.75) is 13.8 Å². The summed E-state index contributed by atoms with van der Waals surface area (Å²) in [5.74, 6) is 1.74. The first-order valence-corrected chi connectivity index (χ1v) is 7.04. The van der Waals surface area contributed by atoms with Crippen molar-refractivity contribution in [1.29, 1.82) is 0 Å². The SMILES string of the molecule is CCOc1c(Cl)cc(/C=N\n2c(C)n[nH]c2=S)cc1OC. The van der Waals surface area contributed by atoms with Crippen molar-refractivity contribution in [3.63, 3.8) is 0 Å². The molecule has 0 fully saturated rings. The van der Waals surface area contributed by atoms with E-state index in [9.17, 15) is 0 Å². The van der Waals surface area contributed by atoms with Crippen molar-refractivity contribution in [3.8, 4) is 11.5 Å². The Morgan fingerprint density at radius 3 is 2.86 bits per heavy atom. The fourth-order valence-corrected chi connectivity index (χ4v) is 2.23. The number of aryl methyl sites for hydroxylation is 1. The number of benzene rings is 1. The van der Waals surface area contributed by atoms with Crippen LogP contribution in [0.4, 0.5) is 0 Å². The number of hydrogen-bond donors (Lipinski definition) is 1. The smallest absolute Gasteiger partial charge is 0.216 e. The van der Waals surface area contributed by atoms with Gasteiger partial charge in [-0.05, 0) is 43.8 Å². The number of methoxy groups -OCH3 is 1. The normalized spacial score (nSPS) is 11.0. The molecule has 0 spiro atoms. The third-order valence-electron chi connectivity index (χ3n) is 2.67. The predicted octanol–water partition coefficient (Wildman–Crippen LogP) is 3.19. The zero-order chi connectivity index (χ0) is 15.4. The molecule has 2 aromatic rings. The van der Waals surface area contributed by atoms with Crippen molar-refractivity contribution in [1.82, 2.24) is 14.9 Å². The Labute approximate surface area is 132 Å². The van der Waals surface area contributed by atoms with E-state index in [1.807, 2.05) is 6.92 Å². The molecule has 21 heavy (non-hydrogen) atoms. The Hall–Kier alpha value is -1.86. The van der Waals surface area contributed by atoms with E-state index >= 15 is 0 Å². The van der Waals surface area contributed by atoms with Crippen LogP contribution in [0.25, 0.3) is 0 Å². The van der Waals surface area contributed by atoms with E-state index in [0.717, 1.165) is 5.56 Å². The van der Waals surface area contributed by atoms with Gasteiger partial charge in [-0.3, -0.25) is 5.10 Å². The highest BCUT2D eigenvalue weighted by Crippen LogP contribution is 2.35. The van der Waals surface area contributed by atoms with Crippen molar-refractivity contribution in [2.24, 2.45) is 5.10 Å². The van der Waals surface area contributed by atoms with Gasteiger partial charge in [0.25, 0.3) is 0 Å². The molecule has 0 unspecified atom stereocenters. The summed E-state index contributed by atoms with van der Waals surface area (Å²) in [4.78, 5) is 0. The number of H-pyrrole nitrogens is 1. The zero-order valence-electron chi connectivity index (χ0n) is 11.9. The lowest BCUT2D eigenvalue weighted by Crippen LogP contribution is -1.98. The Morgan fingerprint density at radius 1 is 1.52 bits per heavy atom. The monoisotopic (exact) mass is 326 g/mol. The fourth-order valence-electron chi connectivity index (χ4n) is 1.73. The molecule has 112 valence electrons. The molecule has 8 heteroatoms. The highest BCUT2D eigenvalue weighted by Gasteiger charge is 2.11. The highest BCUT2D eigenvalue weighted by molar-refractivity contribution is 7.71. The van der Waals surface area contributed by atoms with Crippen LogP contribution in [-0.2, 0) is 0 Å². The first-order chi connectivity index (χ1) is 10.1. The molecular weight excluding hydrogens is 312 g/mol. The molecular formula is C13H15ClN4O2S. The standard InChI is InChI=1S/C13H15ClN4O2S/c1-4-20-12-10(14)5-9(6-11(12)19-3)7-15-18-8(2)16-17-13(18)21/h5-7H,4H2,1-3H3,(H,17,21)/b15-7-. The van der Waals surface area contributed by atoms with E-state index in [1.54, 1.807) is 32.4 Å². The van der Waals surface area contributed by atoms with Gasteiger partial charge in [-0.1, -0.05) is 11.6 Å². The van der Waals surface area contributed by atoms with Gasteiger partial charge in [0, 0.05) is 0 Å². The molecule has 0 radical (unpaired) electrons. The van der Waals surface area contributed by atoms with E-state index in [0.29, 0.717) is 33.7 Å². The van der Waals surface area contributed by atoms with Gasteiger partial charge in [0.05, 0.1) is 25.0 Å². The summed E-state index contributed by atoms with van der Waals surface area (Å²) in [6, 6.07) is 3.54. The van der Waals surface area contributed by atoms with E-state index < -0.39 is 0 Å². The molecule has 1 heterocycles. The van der Waals surface area contributed by atoms with Crippen molar-refractivity contribution in [3.05, 3.63) is 33.3 Å². The lowest BCUT2D eigenvalue weighted by Gasteiger charge is -2.11. The quantitative estimate of drug-likeness (QED) is 0.677. The molecule has 0 amide bonds. The van der Waals surface area contributed by atoms with Crippen LogP contribution in [0.15, 0.2) is 17.2 Å². The second-order valence-corrected chi connectivity index (χ2v) is 4.89. The molecule has 0 aliphatic carbocycles.